The molecule has 2 rings (SSSR count). The van der Waals surface area contributed by atoms with Crippen LogP contribution in [0.4, 0.5) is 0 Å². The third-order valence-electron chi connectivity index (χ3n) is 3.80. The fraction of sp³-hybridized carbons (Fsp3) is 0.533. The molecule has 0 spiro atoms. The molecule has 1 aromatic rings. The van der Waals surface area contributed by atoms with Gasteiger partial charge in [-0.1, -0.05) is 42.7 Å². The second kappa shape index (κ2) is 5.53. The molecule has 0 heterocycles. The summed E-state index contributed by atoms with van der Waals surface area (Å²) in [5.74, 6) is 0.0907. The van der Waals surface area contributed by atoms with E-state index in [9.17, 15) is 4.79 Å². The van der Waals surface area contributed by atoms with Crippen LogP contribution in [0.2, 0.25) is 0 Å². The summed E-state index contributed by atoms with van der Waals surface area (Å²) in [5.41, 5.74) is 7.94. The molecule has 98 valence electrons. The van der Waals surface area contributed by atoms with Crippen molar-refractivity contribution in [2.75, 3.05) is 6.54 Å². The van der Waals surface area contributed by atoms with Gasteiger partial charge in [-0.3, -0.25) is 4.79 Å². The predicted octanol–water partition coefficient (Wildman–Crippen LogP) is 1.93. The summed E-state index contributed by atoms with van der Waals surface area (Å²) >= 11 is 0. The molecule has 0 bridgehead atoms. The van der Waals surface area contributed by atoms with E-state index in [0.29, 0.717) is 13.0 Å². The lowest BCUT2D eigenvalue weighted by Gasteiger charge is -2.28. The zero-order valence-corrected chi connectivity index (χ0v) is 11.0. The van der Waals surface area contributed by atoms with E-state index in [2.05, 4.69) is 11.4 Å². The topological polar surface area (TPSA) is 55.1 Å². The van der Waals surface area contributed by atoms with E-state index < -0.39 is 0 Å². The van der Waals surface area contributed by atoms with E-state index in [1.165, 1.54) is 18.4 Å². The third-order valence-corrected chi connectivity index (χ3v) is 3.80. The van der Waals surface area contributed by atoms with Gasteiger partial charge in [0.2, 0.25) is 5.91 Å². The average Bonchev–Trinajstić information content (AvgIpc) is 2.78. The molecular formula is C15H22N2O. The second-order valence-corrected chi connectivity index (χ2v) is 5.41. The van der Waals surface area contributed by atoms with E-state index in [0.717, 1.165) is 18.4 Å². The number of aryl methyl sites for hydroxylation is 1. The number of carbonyl (C=O) groups is 1. The molecule has 1 amide bonds. The molecule has 0 atom stereocenters. The van der Waals surface area contributed by atoms with Crippen LogP contribution in [0.5, 0.6) is 0 Å². The molecule has 1 aliphatic carbocycles. The van der Waals surface area contributed by atoms with Crippen molar-refractivity contribution in [2.24, 2.45) is 5.73 Å². The molecule has 0 aromatic heterocycles. The number of rotatable bonds is 4. The van der Waals surface area contributed by atoms with Crippen LogP contribution in [0.1, 0.15) is 36.8 Å². The number of amides is 1. The van der Waals surface area contributed by atoms with Gasteiger partial charge in [0.1, 0.15) is 0 Å². The molecule has 1 aromatic carbocycles. The van der Waals surface area contributed by atoms with Crippen molar-refractivity contribution in [3.8, 4) is 0 Å². The maximum atomic E-state index is 12.1. The van der Waals surface area contributed by atoms with Gasteiger partial charge < -0.3 is 11.1 Å². The van der Waals surface area contributed by atoms with Gasteiger partial charge in [-0.25, -0.2) is 0 Å². The van der Waals surface area contributed by atoms with Crippen molar-refractivity contribution < 1.29 is 4.79 Å². The first-order valence-electron chi connectivity index (χ1n) is 6.70. The van der Waals surface area contributed by atoms with Crippen LogP contribution >= 0.6 is 0 Å². The Hall–Kier alpha value is -1.35. The number of benzene rings is 1. The summed E-state index contributed by atoms with van der Waals surface area (Å²) in [7, 11) is 0. The van der Waals surface area contributed by atoms with E-state index in [-0.39, 0.29) is 11.4 Å². The molecular weight excluding hydrogens is 224 g/mol. The minimum atomic E-state index is -0.138. The Morgan fingerprint density at radius 2 is 2.11 bits per heavy atom. The quantitative estimate of drug-likeness (QED) is 0.853. The number of nitrogens with two attached hydrogens (primary N) is 1. The summed E-state index contributed by atoms with van der Waals surface area (Å²) in [4.78, 5) is 12.1. The molecule has 0 unspecified atom stereocenters. The molecule has 0 aliphatic heterocycles. The van der Waals surface area contributed by atoms with Crippen LogP contribution in [0.15, 0.2) is 24.3 Å². The first-order chi connectivity index (χ1) is 8.63. The highest BCUT2D eigenvalue weighted by Crippen LogP contribution is 2.28. The second-order valence-electron chi connectivity index (χ2n) is 5.41. The minimum Gasteiger partial charge on any atom is -0.349 e. The molecule has 3 heteroatoms. The molecule has 1 aliphatic rings. The summed E-state index contributed by atoms with van der Waals surface area (Å²) < 4.78 is 0. The van der Waals surface area contributed by atoms with Gasteiger partial charge in [-0.15, -0.1) is 0 Å². The summed E-state index contributed by atoms with van der Waals surface area (Å²) in [6.07, 6.45) is 4.82. The van der Waals surface area contributed by atoms with E-state index in [1.807, 2.05) is 25.1 Å². The lowest BCUT2D eigenvalue weighted by atomic mass is 9.97. The zero-order valence-electron chi connectivity index (χ0n) is 11.0. The Kier molecular flexibility index (Phi) is 4.02. The van der Waals surface area contributed by atoms with E-state index in [1.54, 1.807) is 0 Å². The standard InChI is InChI=1S/C15H22N2O/c1-12-5-4-6-13(9-12)10-14(18)17-15(11-16)7-2-3-8-15/h4-6,9H,2-3,7-8,10-11,16H2,1H3,(H,17,18). The largest absolute Gasteiger partial charge is 0.349 e. The van der Waals surface area contributed by atoms with Crippen LogP contribution in [-0.4, -0.2) is 18.0 Å². The zero-order chi connectivity index (χ0) is 13.0. The van der Waals surface area contributed by atoms with Gasteiger partial charge in [-0.05, 0) is 25.3 Å². The number of hydrogen-bond donors (Lipinski definition) is 2. The predicted molar refractivity (Wildman–Crippen MR) is 73.3 cm³/mol. The summed E-state index contributed by atoms with van der Waals surface area (Å²) in [5, 5.41) is 3.15. The van der Waals surface area contributed by atoms with Crippen LogP contribution in [0.3, 0.4) is 0 Å². The van der Waals surface area contributed by atoms with Crippen molar-refractivity contribution in [3.05, 3.63) is 35.4 Å². The van der Waals surface area contributed by atoms with Gasteiger partial charge in [0, 0.05) is 6.54 Å². The molecule has 1 saturated carbocycles. The lowest BCUT2D eigenvalue weighted by Crippen LogP contribution is -2.52. The van der Waals surface area contributed by atoms with Gasteiger partial charge in [0.15, 0.2) is 0 Å². The SMILES string of the molecule is Cc1cccc(CC(=O)NC2(CN)CCCC2)c1. The van der Waals surface area contributed by atoms with Crippen LogP contribution in [0.25, 0.3) is 0 Å². The van der Waals surface area contributed by atoms with Crippen LogP contribution in [-0.2, 0) is 11.2 Å². The van der Waals surface area contributed by atoms with Crippen molar-refractivity contribution >= 4 is 5.91 Å². The van der Waals surface area contributed by atoms with Gasteiger partial charge in [0.05, 0.1) is 12.0 Å². The highest BCUT2D eigenvalue weighted by atomic mass is 16.1. The lowest BCUT2D eigenvalue weighted by molar-refractivity contribution is -0.122. The Bertz CT molecular complexity index is 422. The fourth-order valence-electron chi connectivity index (χ4n) is 2.78. The Labute approximate surface area is 109 Å². The van der Waals surface area contributed by atoms with E-state index in [4.69, 9.17) is 5.73 Å². The maximum absolute atomic E-state index is 12.1. The smallest absolute Gasteiger partial charge is 0.224 e. The van der Waals surface area contributed by atoms with E-state index >= 15 is 0 Å². The Morgan fingerprint density at radius 3 is 2.72 bits per heavy atom. The number of nitrogens with one attached hydrogen (secondary N) is 1. The maximum Gasteiger partial charge on any atom is 0.224 e. The van der Waals surface area contributed by atoms with Crippen LogP contribution in [0, 0.1) is 6.92 Å². The van der Waals surface area contributed by atoms with Crippen molar-refractivity contribution in [1.29, 1.82) is 0 Å². The molecule has 3 nitrogen and oxygen atoms in total. The van der Waals surface area contributed by atoms with Gasteiger partial charge in [0.25, 0.3) is 0 Å². The highest BCUT2D eigenvalue weighted by Gasteiger charge is 2.33. The van der Waals surface area contributed by atoms with Crippen molar-refractivity contribution in [1.82, 2.24) is 5.32 Å². The molecule has 1 fully saturated rings. The van der Waals surface area contributed by atoms with Crippen molar-refractivity contribution in [3.63, 3.8) is 0 Å². The van der Waals surface area contributed by atoms with Crippen LogP contribution < -0.4 is 11.1 Å². The average molecular weight is 246 g/mol. The first kappa shape index (κ1) is 13.1. The normalized spacial score (nSPS) is 17.7. The van der Waals surface area contributed by atoms with Gasteiger partial charge >= 0.3 is 0 Å². The monoisotopic (exact) mass is 246 g/mol. The highest BCUT2D eigenvalue weighted by molar-refractivity contribution is 5.79. The van der Waals surface area contributed by atoms with Crippen molar-refractivity contribution in [2.45, 2.75) is 44.6 Å². The van der Waals surface area contributed by atoms with Gasteiger partial charge in [-0.2, -0.15) is 0 Å². The molecule has 18 heavy (non-hydrogen) atoms. The third kappa shape index (κ3) is 3.10. The molecule has 0 saturated heterocycles. The number of hydrogen-bond acceptors (Lipinski definition) is 2. The molecule has 0 radical (unpaired) electrons. The Balaban J connectivity index is 1.96. The fourth-order valence-corrected chi connectivity index (χ4v) is 2.78. The molecule has 3 N–H and O–H groups in total. The Morgan fingerprint density at radius 1 is 1.39 bits per heavy atom. The number of carbonyl (C=O) groups excluding carboxylic acids is 1. The first-order valence-corrected chi connectivity index (χ1v) is 6.70. The minimum absolute atomic E-state index is 0.0907. The summed E-state index contributed by atoms with van der Waals surface area (Å²) in [6.45, 7) is 2.59. The summed E-state index contributed by atoms with van der Waals surface area (Å²) in [6, 6.07) is 8.09.